The van der Waals surface area contributed by atoms with Gasteiger partial charge >= 0.3 is 0 Å². The zero-order valence-electron chi connectivity index (χ0n) is 11.0. The summed E-state index contributed by atoms with van der Waals surface area (Å²) < 4.78 is 27.2. The number of carbonyl (C=O) groups is 1. The number of hydrogen-bond acceptors (Lipinski definition) is 2. The molecule has 0 aromatic heterocycles. The van der Waals surface area contributed by atoms with Gasteiger partial charge in [0.2, 0.25) is 0 Å². The van der Waals surface area contributed by atoms with Crippen LogP contribution in [0.1, 0.15) is 27.4 Å². The number of Topliss-reactive ketones (excluding diaryl/α,β-unsaturated/α-hetero) is 1. The van der Waals surface area contributed by atoms with Gasteiger partial charge in [-0.1, -0.05) is 17.7 Å². The third-order valence-corrected chi connectivity index (χ3v) is 3.34. The highest BCUT2D eigenvalue weighted by atomic mass is 35.5. The van der Waals surface area contributed by atoms with Crippen LogP contribution >= 0.6 is 11.6 Å². The second-order valence-corrected chi connectivity index (χ2v) is 4.99. The summed E-state index contributed by atoms with van der Waals surface area (Å²) in [5.41, 5.74) is 0.363. The molecule has 0 amide bonds. The molecule has 0 heterocycles. The highest BCUT2D eigenvalue weighted by molar-refractivity contribution is 6.31. The van der Waals surface area contributed by atoms with E-state index in [9.17, 15) is 18.8 Å². The van der Waals surface area contributed by atoms with E-state index in [0.717, 1.165) is 12.1 Å². The predicted molar refractivity (Wildman–Crippen MR) is 75.2 cm³/mol. The van der Waals surface area contributed by atoms with E-state index in [4.69, 9.17) is 11.6 Å². The van der Waals surface area contributed by atoms with Crippen LogP contribution in [0.2, 0.25) is 5.02 Å². The molecule has 0 bridgehead atoms. The summed E-state index contributed by atoms with van der Waals surface area (Å²) in [6.07, 6.45) is 0. The van der Waals surface area contributed by atoms with Crippen molar-refractivity contribution in [2.24, 2.45) is 0 Å². The second-order valence-electron chi connectivity index (χ2n) is 4.58. The van der Waals surface area contributed by atoms with Crippen molar-refractivity contribution in [3.63, 3.8) is 0 Å². The van der Waals surface area contributed by atoms with Crippen LogP contribution in [-0.4, -0.2) is 5.78 Å². The molecule has 2 nitrogen and oxygen atoms in total. The fourth-order valence-corrected chi connectivity index (χ4v) is 2.36. The monoisotopic (exact) mass is 305 g/mol. The summed E-state index contributed by atoms with van der Waals surface area (Å²) in [7, 11) is 0. The molecule has 2 rings (SSSR count). The van der Waals surface area contributed by atoms with E-state index in [1.54, 1.807) is 13.0 Å². The topological polar surface area (TPSA) is 40.9 Å². The number of halogens is 3. The lowest BCUT2D eigenvalue weighted by atomic mass is 9.91. The number of aryl methyl sites for hydroxylation is 1. The fraction of sp³-hybridized carbons (Fsp3) is 0.125. The number of carbonyl (C=O) groups excluding carboxylic acids is 1. The molecule has 0 spiro atoms. The van der Waals surface area contributed by atoms with E-state index in [-0.39, 0.29) is 16.1 Å². The summed E-state index contributed by atoms with van der Waals surface area (Å²) in [6, 6.07) is 9.37. The molecular weight excluding hydrogens is 296 g/mol. The van der Waals surface area contributed by atoms with E-state index < -0.39 is 23.3 Å². The molecule has 106 valence electrons. The Morgan fingerprint density at radius 2 is 2.00 bits per heavy atom. The summed E-state index contributed by atoms with van der Waals surface area (Å²) in [5, 5.41) is 9.20. The molecular formula is C16H10ClF2NO. The van der Waals surface area contributed by atoms with Gasteiger partial charge in [-0.25, -0.2) is 8.78 Å². The Bertz CT molecular complexity index is 712. The normalized spacial score (nSPS) is 11.8. The Balaban J connectivity index is 2.52. The minimum atomic E-state index is -1.42. The van der Waals surface area contributed by atoms with Crippen molar-refractivity contribution in [2.45, 2.75) is 12.8 Å². The van der Waals surface area contributed by atoms with E-state index in [2.05, 4.69) is 0 Å². The minimum Gasteiger partial charge on any atom is -0.292 e. The molecule has 21 heavy (non-hydrogen) atoms. The molecule has 0 saturated heterocycles. The average molecular weight is 306 g/mol. The summed E-state index contributed by atoms with van der Waals surface area (Å²) in [5.74, 6) is -3.43. The van der Waals surface area contributed by atoms with Crippen LogP contribution < -0.4 is 0 Å². The number of benzene rings is 2. The van der Waals surface area contributed by atoms with Gasteiger partial charge in [0.25, 0.3) is 0 Å². The van der Waals surface area contributed by atoms with E-state index in [1.165, 1.54) is 24.3 Å². The first-order valence-electron chi connectivity index (χ1n) is 6.09. The summed E-state index contributed by atoms with van der Waals surface area (Å²) >= 11 is 5.88. The van der Waals surface area contributed by atoms with Crippen LogP contribution in [0.15, 0.2) is 36.4 Å². The molecule has 1 unspecified atom stereocenters. The smallest absolute Gasteiger partial charge is 0.184 e. The van der Waals surface area contributed by atoms with Gasteiger partial charge in [0.1, 0.15) is 17.6 Å². The second kappa shape index (κ2) is 6.02. The Hall–Kier alpha value is -2.25. The van der Waals surface area contributed by atoms with Crippen LogP contribution in [0, 0.1) is 29.9 Å². The Morgan fingerprint density at radius 1 is 1.29 bits per heavy atom. The van der Waals surface area contributed by atoms with Gasteiger partial charge < -0.3 is 0 Å². The Kier molecular flexibility index (Phi) is 4.35. The lowest BCUT2D eigenvalue weighted by Gasteiger charge is -2.12. The molecule has 0 saturated carbocycles. The molecule has 0 aliphatic rings. The van der Waals surface area contributed by atoms with Gasteiger partial charge in [-0.15, -0.1) is 0 Å². The highest BCUT2D eigenvalue weighted by Crippen LogP contribution is 2.30. The maximum absolute atomic E-state index is 13.9. The van der Waals surface area contributed by atoms with Crippen molar-refractivity contribution >= 4 is 17.4 Å². The number of nitrogens with zero attached hydrogens (tertiary/aromatic N) is 1. The van der Waals surface area contributed by atoms with Crippen LogP contribution in [0.4, 0.5) is 8.78 Å². The molecule has 0 fully saturated rings. The minimum absolute atomic E-state index is 0.0111. The van der Waals surface area contributed by atoms with Crippen molar-refractivity contribution in [1.82, 2.24) is 0 Å². The first-order chi connectivity index (χ1) is 9.93. The van der Waals surface area contributed by atoms with E-state index >= 15 is 0 Å². The third-order valence-electron chi connectivity index (χ3n) is 3.01. The number of hydrogen-bond donors (Lipinski definition) is 0. The molecule has 0 aliphatic carbocycles. The lowest BCUT2D eigenvalue weighted by Crippen LogP contribution is -2.14. The first-order valence-corrected chi connectivity index (χ1v) is 6.46. The van der Waals surface area contributed by atoms with Crippen molar-refractivity contribution in [1.29, 1.82) is 5.26 Å². The van der Waals surface area contributed by atoms with Crippen LogP contribution in [0.25, 0.3) is 0 Å². The van der Waals surface area contributed by atoms with Gasteiger partial charge in [0.15, 0.2) is 5.78 Å². The predicted octanol–water partition coefficient (Wildman–Crippen LogP) is 4.42. The fourth-order valence-electron chi connectivity index (χ4n) is 2.09. The average Bonchev–Trinajstić information content (AvgIpc) is 2.41. The third kappa shape index (κ3) is 3.09. The summed E-state index contributed by atoms with van der Waals surface area (Å²) in [4.78, 5) is 12.4. The maximum Gasteiger partial charge on any atom is 0.184 e. The highest BCUT2D eigenvalue weighted by Gasteiger charge is 2.27. The standard InChI is InChI=1S/C16H10ClF2NO/c1-9-5-10(7-11(18)6-9)16(21)12(8-20)15-13(17)3-2-4-14(15)19/h2-7,12H,1H3. The molecule has 2 aromatic rings. The molecule has 1 atom stereocenters. The number of ketones is 1. The zero-order chi connectivity index (χ0) is 15.6. The summed E-state index contributed by atoms with van der Waals surface area (Å²) in [6.45, 7) is 1.62. The maximum atomic E-state index is 13.9. The zero-order valence-corrected chi connectivity index (χ0v) is 11.8. The van der Waals surface area contributed by atoms with Crippen LogP contribution in [-0.2, 0) is 0 Å². The SMILES string of the molecule is Cc1cc(F)cc(C(=O)C(C#N)c2c(F)cccc2Cl)c1. The van der Waals surface area contributed by atoms with Gasteiger partial charge in [-0.2, -0.15) is 5.26 Å². The molecule has 0 N–H and O–H groups in total. The van der Waals surface area contributed by atoms with Crippen molar-refractivity contribution in [3.8, 4) is 6.07 Å². The molecule has 5 heteroatoms. The number of nitriles is 1. The lowest BCUT2D eigenvalue weighted by molar-refractivity contribution is 0.0977. The molecule has 0 radical (unpaired) electrons. The molecule has 0 aliphatic heterocycles. The first kappa shape index (κ1) is 15.1. The largest absolute Gasteiger partial charge is 0.292 e. The van der Waals surface area contributed by atoms with Crippen LogP contribution in [0.3, 0.4) is 0 Å². The van der Waals surface area contributed by atoms with Gasteiger partial charge in [-0.05, 0) is 42.8 Å². The van der Waals surface area contributed by atoms with Crippen molar-refractivity contribution in [3.05, 3.63) is 69.7 Å². The van der Waals surface area contributed by atoms with Crippen molar-refractivity contribution in [2.75, 3.05) is 0 Å². The quantitative estimate of drug-likeness (QED) is 0.788. The Morgan fingerprint density at radius 3 is 2.57 bits per heavy atom. The van der Waals surface area contributed by atoms with Gasteiger partial charge in [0, 0.05) is 16.1 Å². The number of rotatable bonds is 3. The van der Waals surface area contributed by atoms with Gasteiger partial charge in [0.05, 0.1) is 6.07 Å². The van der Waals surface area contributed by atoms with E-state index in [1.807, 2.05) is 0 Å². The van der Waals surface area contributed by atoms with E-state index in [0.29, 0.717) is 5.56 Å². The Labute approximate surface area is 125 Å². The van der Waals surface area contributed by atoms with Crippen molar-refractivity contribution < 1.29 is 13.6 Å². The van der Waals surface area contributed by atoms with Gasteiger partial charge in [-0.3, -0.25) is 4.79 Å². The van der Waals surface area contributed by atoms with Crippen LogP contribution in [0.5, 0.6) is 0 Å². The molecule has 2 aromatic carbocycles.